The molecule has 0 fully saturated rings. The molecule has 0 radical (unpaired) electrons. The van der Waals surface area contributed by atoms with Gasteiger partial charge in [0.2, 0.25) is 0 Å². The van der Waals surface area contributed by atoms with Crippen molar-refractivity contribution in [2.45, 2.75) is 20.8 Å². The highest BCUT2D eigenvalue weighted by molar-refractivity contribution is 5.87. The summed E-state index contributed by atoms with van der Waals surface area (Å²) >= 11 is 0. The Bertz CT molecular complexity index is 515. The van der Waals surface area contributed by atoms with Gasteiger partial charge in [-0.25, -0.2) is 4.98 Å². The molecule has 0 saturated heterocycles. The van der Waals surface area contributed by atoms with Gasteiger partial charge < -0.3 is 5.32 Å². The quantitative estimate of drug-likeness (QED) is 0.764. The Morgan fingerprint density at radius 2 is 1.80 bits per heavy atom. The van der Waals surface area contributed by atoms with E-state index in [-0.39, 0.29) is 0 Å². The van der Waals surface area contributed by atoms with Crippen molar-refractivity contribution in [2.24, 2.45) is 0 Å². The fourth-order valence-electron chi connectivity index (χ4n) is 1.83. The summed E-state index contributed by atoms with van der Waals surface area (Å²) in [6.07, 6.45) is 0. The van der Waals surface area contributed by atoms with Crippen LogP contribution in [0.1, 0.15) is 16.7 Å². The Labute approximate surface area is 90.3 Å². The average molecular weight is 200 g/mol. The van der Waals surface area contributed by atoms with Crippen molar-refractivity contribution in [2.75, 3.05) is 12.4 Å². The van der Waals surface area contributed by atoms with Crippen LogP contribution in [0.3, 0.4) is 0 Å². The lowest BCUT2D eigenvalue weighted by Gasteiger charge is -2.09. The van der Waals surface area contributed by atoms with Crippen LogP contribution in [0, 0.1) is 20.8 Å². The molecular weight excluding hydrogens is 184 g/mol. The summed E-state index contributed by atoms with van der Waals surface area (Å²) in [6.45, 7) is 6.38. The van der Waals surface area contributed by atoms with Gasteiger partial charge in [0.05, 0.1) is 5.52 Å². The molecule has 0 atom stereocenters. The monoisotopic (exact) mass is 200 g/mol. The summed E-state index contributed by atoms with van der Waals surface area (Å²) < 4.78 is 0. The van der Waals surface area contributed by atoms with Gasteiger partial charge in [0.1, 0.15) is 5.82 Å². The molecule has 0 aliphatic rings. The van der Waals surface area contributed by atoms with Crippen molar-refractivity contribution in [3.63, 3.8) is 0 Å². The largest absolute Gasteiger partial charge is 0.373 e. The van der Waals surface area contributed by atoms with Gasteiger partial charge >= 0.3 is 0 Å². The minimum absolute atomic E-state index is 0.939. The summed E-state index contributed by atoms with van der Waals surface area (Å²) in [4.78, 5) is 4.60. The summed E-state index contributed by atoms with van der Waals surface area (Å²) in [7, 11) is 1.90. The van der Waals surface area contributed by atoms with Crippen LogP contribution < -0.4 is 5.32 Å². The Kier molecular flexibility index (Phi) is 2.35. The molecule has 2 nitrogen and oxygen atoms in total. The van der Waals surface area contributed by atoms with Crippen molar-refractivity contribution < 1.29 is 0 Å². The number of nitrogens with one attached hydrogen (secondary N) is 1. The highest BCUT2D eigenvalue weighted by atomic mass is 15.0. The van der Waals surface area contributed by atoms with Crippen LogP contribution in [-0.4, -0.2) is 12.0 Å². The zero-order valence-corrected chi connectivity index (χ0v) is 9.68. The second-order valence-corrected chi connectivity index (χ2v) is 3.98. The standard InChI is InChI=1S/C13H16N2/c1-8-5-6-11-9(2)7-12(14-4)15-13(11)10(8)3/h5-7H,1-4H3,(H,14,15). The van der Waals surface area contributed by atoms with Crippen molar-refractivity contribution >= 4 is 16.7 Å². The van der Waals surface area contributed by atoms with Gasteiger partial charge in [0.25, 0.3) is 0 Å². The summed E-state index contributed by atoms with van der Waals surface area (Å²) in [5.41, 5.74) is 4.95. The van der Waals surface area contributed by atoms with Crippen molar-refractivity contribution in [3.8, 4) is 0 Å². The van der Waals surface area contributed by atoms with Crippen LogP contribution in [0.2, 0.25) is 0 Å². The molecule has 0 bridgehead atoms. The van der Waals surface area contributed by atoms with Crippen molar-refractivity contribution in [3.05, 3.63) is 34.9 Å². The molecule has 0 aliphatic carbocycles. The first-order valence-corrected chi connectivity index (χ1v) is 5.19. The van der Waals surface area contributed by atoms with Crippen LogP contribution in [-0.2, 0) is 0 Å². The molecule has 2 rings (SSSR count). The van der Waals surface area contributed by atoms with Gasteiger partial charge in [-0.3, -0.25) is 0 Å². The van der Waals surface area contributed by atoms with Crippen LogP contribution in [0.25, 0.3) is 10.9 Å². The van der Waals surface area contributed by atoms with Gasteiger partial charge in [-0.05, 0) is 43.5 Å². The predicted molar refractivity (Wildman–Crippen MR) is 65.5 cm³/mol. The smallest absolute Gasteiger partial charge is 0.126 e. The Morgan fingerprint density at radius 3 is 2.47 bits per heavy atom. The number of fused-ring (bicyclic) bond motifs is 1. The van der Waals surface area contributed by atoms with Gasteiger partial charge in [0.15, 0.2) is 0 Å². The summed E-state index contributed by atoms with van der Waals surface area (Å²) in [5.74, 6) is 0.939. The maximum atomic E-state index is 4.60. The third-order valence-electron chi connectivity index (χ3n) is 2.97. The van der Waals surface area contributed by atoms with E-state index in [4.69, 9.17) is 0 Å². The van der Waals surface area contributed by atoms with E-state index in [0.717, 1.165) is 11.3 Å². The molecular formula is C13H16N2. The van der Waals surface area contributed by atoms with Crippen molar-refractivity contribution in [1.29, 1.82) is 0 Å². The third kappa shape index (κ3) is 1.56. The minimum atomic E-state index is 0.939. The zero-order chi connectivity index (χ0) is 11.0. The van der Waals surface area contributed by atoms with Crippen molar-refractivity contribution in [1.82, 2.24) is 4.98 Å². The molecule has 1 N–H and O–H groups in total. The Balaban J connectivity index is 2.86. The number of pyridine rings is 1. The predicted octanol–water partition coefficient (Wildman–Crippen LogP) is 3.20. The fourth-order valence-corrected chi connectivity index (χ4v) is 1.83. The van der Waals surface area contributed by atoms with E-state index in [2.05, 4.69) is 49.3 Å². The number of nitrogens with zero attached hydrogens (tertiary/aromatic N) is 1. The van der Waals surface area contributed by atoms with Crippen LogP contribution in [0.15, 0.2) is 18.2 Å². The van der Waals surface area contributed by atoms with E-state index < -0.39 is 0 Å². The van der Waals surface area contributed by atoms with E-state index in [1.165, 1.54) is 22.1 Å². The number of hydrogen-bond donors (Lipinski definition) is 1. The lowest BCUT2D eigenvalue weighted by Crippen LogP contribution is -1.96. The topological polar surface area (TPSA) is 24.9 Å². The highest BCUT2D eigenvalue weighted by Crippen LogP contribution is 2.24. The molecule has 78 valence electrons. The lowest BCUT2D eigenvalue weighted by molar-refractivity contribution is 1.27. The first-order chi connectivity index (χ1) is 7.13. The van der Waals surface area contributed by atoms with Gasteiger partial charge in [-0.15, -0.1) is 0 Å². The molecule has 1 aromatic heterocycles. The van der Waals surface area contributed by atoms with E-state index in [9.17, 15) is 0 Å². The van der Waals surface area contributed by atoms with E-state index >= 15 is 0 Å². The number of anilines is 1. The SMILES string of the molecule is CNc1cc(C)c2ccc(C)c(C)c2n1. The second-order valence-electron chi connectivity index (χ2n) is 3.98. The number of rotatable bonds is 1. The molecule has 0 amide bonds. The maximum Gasteiger partial charge on any atom is 0.126 e. The molecule has 2 heteroatoms. The highest BCUT2D eigenvalue weighted by Gasteiger charge is 2.05. The number of aromatic nitrogens is 1. The van der Waals surface area contributed by atoms with E-state index in [0.29, 0.717) is 0 Å². The molecule has 0 unspecified atom stereocenters. The molecule has 0 saturated carbocycles. The fraction of sp³-hybridized carbons (Fsp3) is 0.308. The van der Waals surface area contributed by atoms with Gasteiger partial charge in [-0.1, -0.05) is 12.1 Å². The zero-order valence-electron chi connectivity index (χ0n) is 9.68. The van der Waals surface area contributed by atoms with Gasteiger partial charge in [0, 0.05) is 12.4 Å². The van der Waals surface area contributed by atoms with Gasteiger partial charge in [-0.2, -0.15) is 0 Å². The molecule has 0 aliphatic heterocycles. The minimum Gasteiger partial charge on any atom is -0.373 e. The summed E-state index contributed by atoms with van der Waals surface area (Å²) in [5, 5.41) is 4.34. The number of aryl methyl sites for hydroxylation is 3. The van der Waals surface area contributed by atoms with E-state index in [1.54, 1.807) is 0 Å². The molecule has 1 heterocycles. The molecule has 15 heavy (non-hydrogen) atoms. The lowest BCUT2D eigenvalue weighted by atomic mass is 10.0. The summed E-state index contributed by atoms with van der Waals surface area (Å²) in [6, 6.07) is 6.39. The second kappa shape index (κ2) is 3.54. The first-order valence-electron chi connectivity index (χ1n) is 5.19. The first kappa shape index (κ1) is 9.97. The van der Waals surface area contributed by atoms with Crippen LogP contribution in [0.4, 0.5) is 5.82 Å². The third-order valence-corrected chi connectivity index (χ3v) is 2.97. The van der Waals surface area contributed by atoms with Crippen LogP contribution >= 0.6 is 0 Å². The average Bonchev–Trinajstić information content (AvgIpc) is 2.23. The molecule has 1 aromatic carbocycles. The number of hydrogen-bond acceptors (Lipinski definition) is 2. The number of benzene rings is 1. The molecule has 2 aromatic rings. The molecule has 0 spiro atoms. The Morgan fingerprint density at radius 1 is 1.07 bits per heavy atom. The van der Waals surface area contributed by atoms with E-state index in [1.807, 2.05) is 7.05 Å². The van der Waals surface area contributed by atoms with Crippen LogP contribution in [0.5, 0.6) is 0 Å². The normalized spacial score (nSPS) is 10.7. The maximum absolute atomic E-state index is 4.60. The Hall–Kier alpha value is -1.57.